The van der Waals surface area contributed by atoms with Crippen LogP contribution in [0.1, 0.15) is 28.2 Å². The second kappa shape index (κ2) is 5.06. The summed E-state index contributed by atoms with van der Waals surface area (Å²) < 4.78 is 1.06. The standard InChI is InChI=1S/C17H16BrNO/c1-10-7-11(2)16-13(8-10)14(17(20)19-16)9-12-5-3-4-6-15(12)18/h3-8,14H,9H2,1-2H3,(H,19,20)/t14-/m0/s1. The Morgan fingerprint density at radius 1 is 1.20 bits per heavy atom. The predicted octanol–water partition coefficient (Wildman–Crippen LogP) is 4.34. The van der Waals surface area contributed by atoms with E-state index in [0.29, 0.717) is 0 Å². The number of hydrogen-bond acceptors (Lipinski definition) is 1. The van der Waals surface area contributed by atoms with E-state index in [2.05, 4.69) is 46.4 Å². The predicted molar refractivity (Wildman–Crippen MR) is 85.1 cm³/mol. The Morgan fingerprint density at radius 2 is 1.95 bits per heavy atom. The average Bonchev–Trinajstić information content (AvgIpc) is 2.70. The van der Waals surface area contributed by atoms with Crippen LogP contribution in [0.5, 0.6) is 0 Å². The van der Waals surface area contributed by atoms with Gasteiger partial charge in [-0.2, -0.15) is 0 Å². The van der Waals surface area contributed by atoms with Gasteiger partial charge in [0.1, 0.15) is 0 Å². The van der Waals surface area contributed by atoms with Crippen LogP contribution >= 0.6 is 15.9 Å². The largest absolute Gasteiger partial charge is 0.325 e. The Labute approximate surface area is 127 Å². The first-order valence-corrected chi connectivity index (χ1v) is 7.51. The lowest BCUT2D eigenvalue weighted by Crippen LogP contribution is -2.14. The van der Waals surface area contributed by atoms with Gasteiger partial charge in [-0.3, -0.25) is 4.79 Å². The average molecular weight is 330 g/mol. The summed E-state index contributed by atoms with van der Waals surface area (Å²) in [5.74, 6) is 0.00625. The van der Waals surface area contributed by atoms with Gasteiger partial charge >= 0.3 is 0 Å². The molecule has 20 heavy (non-hydrogen) atoms. The maximum absolute atomic E-state index is 12.3. The van der Waals surface area contributed by atoms with Crippen LogP contribution in [0.3, 0.4) is 0 Å². The first-order valence-electron chi connectivity index (χ1n) is 6.71. The monoisotopic (exact) mass is 329 g/mol. The Morgan fingerprint density at radius 3 is 2.70 bits per heavy atom. The van der Waals surface area contributed by atoms with Crippen LogP contribution in [0.4, 0.5) is 5.69 Å². The van der Waals surface area contributed by atoms with Crippen LogP contribution in [0, 0.1) is 13.8 Å². The van der Waals surface area contributed by atoms with Crippen LogP contribution in [0.2, 0.25) is 0 Å². The molecule has 0 unspecified atom stereocenters. The molecule has 0 aliphatic carbocycles. The van der Waals surface area contributed by atoms with Crippen LogP contribution in [0.15, 0.2) is 40.9 Å². The second-order valence-corrected chi connectivity index (χ2v) is 6.24. The van der Waals surface area contributed by atoms with E-state index in [1.54, 1.807) is 0 Å². The summed E-state index contributed by atoms with van der Waals surface area (Å²) in [6, 6.07) is 12.3. The first-order chi connectivity index (χ1) is 9.56. The van der Waals surface area contributed by atoms with Crippen molar-refractivity contribution in [1.29, 1.82) is 0 Å². The number of amides is 1. The summed E-state index contributed by atoms with van der Waals surface area (Å²) in [6.07, 6.45) is 0.725. The lowest BCUT2D eigenvalue weighted by atomic mass is 9.91. The summed E-state index contributed by atoms with van der Waals surface area (Å²) in [5, 5.41) is 3.03. The first kappa shape index (κ1) is 13.4. The highest BCUT2D eigenvalue weighted by Gasteiger charge is 2.32. The van der Waals surface area contributed by atoms with Crippen LogP contribution in [0.25, 0.3) is 0 Å². The van der Waals surface area contributed by atoms with Crippen molar-refractivity contribution in [1.82, 2.24) is 0 Å². The van der Waals surface area contributed by atoms with Crippen molar-refractivity contribution in [2.45, 2.75) is 26.2 Å². The molecule has 1 N–H and O–H groups in total. The molecule has 0 radical (unpaired) electrons. The minimum Gasteiger partial charge on any atom is -0.325 e. The molecule has 3 heteroatoms. The zero-order chi connectivity index (χ0) is 14.3. The fraction of sp³-hybridized carbons (Fsp3) is 0.235. The van der Waals surface area contributed by atoms with E-state index >= 15 is 0 Å². The van der Waals surface area contributed by atoms with Gasteiger partial charge in [-0.15, -0.1) is 0 Å². The Kier molecular flexibility index (Phi) is 3.38. The molecule has 102 valence electrons. The van der Waals surface area contributed by atoms with Gasteiger partial charge in [0.2, 0.25) is 5.91 Å². The molecule has 1 heterocycles. The van der Waals surface area contributed by atoms with E-state index in [9.17, 15) is 4.79 Å². The zero-order valence-electron chi connectivity index (χ0n) is 11.5. The van der Waals surface area contributed by atoms with Crippen molar-refractivity contribution in [2.75, 3.05) is 5.32 Å². The lowest BCUT2D eigenvalue weighted by Gasteiger charge is -2.11. The number of halogens is 1. The molecule has 3 rings (SSSR count). The van der Waals surface area contributed by atoms with Crippen molar-refractivity contribution in [3.63, 3.8) is 0 Å². The number of nitrogens with one attached hydrogen (secondary N) is 1. The smallest absolute Gasteiger partial charge is 0.232 e. The molecule has 2 nitrogen and oxygen atoms in total. The molecular weight excluding hydrogens is 314 g/mol. The molecule has 0 saturated carbocycles. The number of benzene rings is 2. The van der Waals surface area contributed by atoms with Crippen LogP contribution in [-0.2, 0) is 11.2 Å². The van der Waals surface area contributed by atoms with Gasteiger partial charge in [0, 0.05) is 10.2 Å². The normalized spacial score (nSPS) is 16.9. The maximum Gasteiger partial charge on any atom is 0.232 e. The van der Waals surface area contributed by atoms with Gasteiger partial charge in [-0.05, 0) is 43.0 Å². The van der Waals surface area contributed by atoms with Gasteiger partial charge in [0.05, 0.1) is 5.92 Å². The number of rotatable bonds is 2. The summed E-state index contributed by atoms with van der Waals surface area (Å²) >= 11 is 3.56. The fourth-order valence-corrected chi connectivity index (χ4v) is 3.33. The van der Waals surface area contributed by atoms with E-state index < -0.39 is 0 Å². The van der Waals surface area contributed by atoms with Gasteiger partial charge in [-0.25, -0.2) is 0 Å². The highest BCUT2D eigenvalue weighted by Crippen LogP contribution is 2.38. The van der Waals surface area contributed by atoms with Crippen molar-refractivity contribution in [2.24, 2.45) is 0 Å². The molecule has 1 aliphatic heterocycles. The highest BCUT2D eigenvalue weighted by molar-refractivity contribution is 9.10. The molecule has 1 aliphatic rings. The van der Waals surface area contributed by atoms with Gasteiger partial charge in [0.25, 0.3) is 0 Å². The van der Waals surface area contributed by atoms with Crippen molar-refractivity contribution >= 4 is 27.5 Å². The third-order valence-electron chi connectivity index (χ3n) is 3.83. The Hall–Kier alpha value is -1.61. The summed E-state index contributed by atoms with van der Waals surface area (Å²) in [6.45, 7) is 4.12. The van der Waals surface area contributed by atoms with Crippen molar-refractivity contribution in [3.05, 3.63) is 63.1 Å². The van der Waals surface area contributed by atoms with E-state index in [1.807, 2.05) is 25.1 Å². The molecule has 0 aromatic heterocycles. The number of hydrogen-bond donors (Lipinski definition) is 1. The van der Waals surface area contributed by atoms with Crippen LogP contribution < -0.4 is 5.32 Å². The number of carbonyl (C=O) groups is 1. The van der Waals surface area contributed by atoms with Gasteiger partial charge < -0.3 is 5.32 Å². The molecule has 0 spiro atoms. The molecule has 2 aromatic rings. The summed E-state index contributed by atoms with van der Waals surface area (Å²) in [5.41, 5.74) is 5.64. The number of anilines is 1. The molecule has 1 atom stereocenters. The Balaban J connectivity index is 2.01. The number of aryl methyl sites for hydroxylation is 2. The fourth-order valence-electron chi connectivity index (χ4n) is 2.88. The van der Waals surface area contributed by atoms with Crippen molar-refractivity contribution in [3.8, 4) is 0 Å². The van der Waals surface area contributed by atoms with E-state index in [1.165, 1.54) is 11.1 Å². The van der Waals surface area contributed by atoms with E-state index in [0.717, 1.165) is 27.7 Å². The molecule has 0 fully saturated rings. The minimum absolute atomic E-state index is 0.0951. The van der Waals surface area contributed by atoms with Crippen molar-refractivity contribution < 1.29 is 4.79 Å². The molecule has 1 amide bonds. The lowest BCUT2D eigenvalue weighted by molar-refractivity contribution is -0.117. The zero-order valence-corrected chi connectivity index (χ0v) is 13.1. The van der Waals surface area contributed by atoms with Gasteiger partial charge in [0.15, 0.2) is 0 Å². The second-order valence-electron chi connectivity index (χ2n) is 5.38. The topological polar surface area (TPSA) is 29.1 Å². The quantitative estimate of drug-likeness (QED) is 0.872. The number of carbonyl (C=O) groups excluding carboxylic acids is 1. The summed E-state index contributed by atoms with van der Waals surface area (Å²) in [4.78, 5) is 12.3. The van der Waals surface area contributed by atoms with Crippen LogP contribution in [-0.4, -0.2) is 5.91 Å². The molecule has 0 bridgehead atoms. The maximum atomic E-state index is 12.3. The van der Waals surface area contributed by atoms with Gasteiger partial charge in [-0.1, -0.05) is 51.8 Å². The highest BCUT2D eigenvalue weighted by atomic mass is 79.9. The van der Waals surface area contributed by atoms with E-state index in [4.69, 9.17) is 0 Å². The third kappa shape index (κ3) is 2.27. The minimum atomic E-state index is -0.0951. The Bertz CT molecular complexity index is 693. The molecule has 0 saturated heterocycles. The van der Waals surface area contributed by atoms with E-state index in [-0.39, 0.29) is 11.8 Å². The SMILES string of the molecule is Cc1cc(C)c2c(c1)[C@H](Cc1ccccc1Br)C(=O)N2. The molecule has 2 aromatic carbocycles. The molecular formula is C17H16BrNO. The summed E-state index contributed by atoms with van der Waals surface area (Å²) in [7, 11) is 0. The number of fused-ring (bicyclic) bond motifs is 1. The third-order valence-corrected chi connectivity index (χ3v) is 4.61.